The summed E-state index contributed by atoms with van der Waals surface area (Å²) >= 11 is 0. The van der Waals surface area contributed by atoms with Gasteiger partial charge in [-0.15, -0.1) is 0 Å². The van der Waals surface area contributed by atoms with Gasteiger partial charge in [-0.2, -0.15) is 13.2 Å². The van der Waals surface area contributed by atoms with E-state index >= 15 is 0 Å². The monoisotopic (exact) mass is 315 g/mol. The zero-order chi connectivity index (χ0) is 15.6. The predicted molar refractivity (Wildman–Crippen MR) is 60.8 cm³/mol. The highest BCUT2D eigenvalue weighted by Gasteiger charge is 2.27. The van der Waals surface area contributed by atoms with Crippen LogP contribution < -0.4 is 15.8 Å². The molecule has 0 bridgehead atoms. The Bertz CT molecular complexity index is 615. The average molecular weight is 315 g/mol. The maximum Gasteiger partial charge on any atom is 0.405 e. The summed E-state index contributed by atoms with van der Waals surface area (Å²) in [6.07, 6.45) is -4.63. The topological polar surface area (TPSA) is 101 Å². The van der Waals surface area contributed by atoms with Gasteiger partial charge in [-0.25, -0.2) is 22.7 Å². The van der Waals surface area contributed by atoms with Crippen molar-refractivity contribution in [2.75, 3.05) is 11.9 Å². The Morgan fingerprint density at radius 2 is 1.90 bits per heavy atom. The first-order valence-electron chi connectivity index (χ1n) is 4.93. The number of nitrogens with two attached hydrogens (primary N) is 1. The first-order valence-corrected chi connectivity index (χ1v) is 6.47. The molecule has 0 aliphatic heterocycles. The number of halogens is 4. The van der Waals surface area contributed by atoms with Gasteiger partial charge in [0.1, 0.15) is 12.4 Å². The Morgan fingerprint density at radius 3 is 2.40 bits per heavy atom. The maximum absolute atomic E-state index is 13.3. The molecule has 0 saturated heterocycles. The molecule has 11 heteroatoms. The van der Waals surface area contributed by atoms with Crippen LogP contribution in [0.15, 0.2) is 23.1 Å². The first kappa shape index (κ1) is 16.2. The van der Waals surface area contributed by atoms with Crippen molar-refractivity contribution < 1.29 is 30.8 Å². The van der Waals surface area contributed by atoms with Gasteiger partial charge in [0.05, 0.1) is 10.6 Å². The number of hydrogen-bond acceptors (Lipinski definition) is 3. The van der Waals surface area contributed by atoms with Crippen LogP contribution in [0.25, 0.3) is 0 Å². The highest BCUT2D eigenvalue weighted by molar-refractivity contribution is 7.89. The van der Waals surface area contributed by atoms with Crippen molar-refractivity contribution in [2.45, 2.75) is 11.1 Å². The fraction of sp³-hybridized carbons (Fsp3) is 0.222. The molecule has 6 nitrogen and oxygen atoms in total. The number of benzene rings is 1. The minimum atomic E-state index is -4.63. The van der Waals surface area contributed by atoms with Crippen LogP contribution in [0.2, 0.25) is 0 Å². The smallest absolute Gasteiger partial charge is 0.329 e. The highest BCUT2D eigenvalue weighted by atomic mass is 32.2. The summed E-state index contributed by atoms with van der Waals surface area (Å²) in [5.41, 5.74) is -0.615. The summed E-state index contributed by atoms with van der Waals surface area (Å²) in [7, 11) is -4.13. The van der Waals surface area contributed by atoms with Crippen molar-refractivity contribution in [3.63, 3.8) is 0 Å². The van der Waals surface area contributed by atoms with Crippen LogP contribution in [0.5, 0.6) is 0 Å². The van der Waals surface area contributed by atoms with Crippen molar-refractivity contribution >= 4 is 21.7 Å². The van der Waals surface area contributed by atoms with Gasteiger partial charge in [-0.1, -0.05) is 0 Å². The zero-order valence-electron chi connectivity index (χ0n) is 9.66. The quantitative estimate of drug-likeness (QED) is 0.729. The second kappa shape index (κ2) is 5.63. The van der Waals surface area contributed by atoms with Crippen LogP contribution in [-0.4, -0.2) is 27.2 Å². The molecule has 0 heterocycles. The third kappa shape index (κ3) is 5.01. The third-order valence-electron chi connectivity index (χ3n) is 1.96. The summed E-state index contributed by atoms with van der Waals surface area (Å²) < 4.78 is 70.9. The standard InChI is InChI=1S/C9H9F4N3O3S/c10-6-2-1-5(20(14,18)19)3-7(6)16-8(17)15-4-9(11,12)13/h1-3H,4H2,(H2,14,18,19)(H2,15,16,17). The van der Waals surface area contributed by atoms with E-state index in [1.165, 1.54) is 5.32 Å². The molecule has 1 aromatic rings. The van der Waals surface area contributed by atoms with Crippen LogP contribution in [0.4, 0.5) is 28.0 Å². The molecule has 0 fully saturated rings. The Hall–Kier alpha value is -1.88. The van der Waals surface area contributed by atoms with E-state index in [1.807, 2.05) is 0 Å². The number of carbonyl (C=O) groups is 1. The van der Waals surface area contributed by atoms with Gasteiger partial charge in [-0.3, -0.25) is 0 Å². The van der Waals surface area contributed by atoms with E-state index in [0.29, 0.717) is 12.1 Å². The lowest BCUT2D eigenvalue weighted by Gasteiger charge is -2.11. The summed E-state index contributed by atoms with van der Waals surface area (Å²) in [5, 5.41) is 7.98. The fourth-order valence-electron chi connectivity index (χ4n) is 1.12. The van der Waals surface area contributed by atoms with E-state index in [1.54, 1.807) is 5.32 Å². The Morgan fingerprint density at radius 1 is 1.30 bits per heavy atom. The molecule has 20 heavy (non-hydrogen) atoms. The largest absolute Gasteiger partial charge is 0.405 e. The van der Waals surface area contributed by atoms with Crippen LogP contribution in [0.3, 0.4) is 0 Å². The molecule has 0 atom stereocenters. The van der Waals surface area contributed by atoms with Gasteiger partial charge in [0, 0.05) is 0 Å². The van der Waals surface area contributed by atoms with Crippen molar-refractivity contribution in [1.82, 2.24) is 5.32 Å². The normalized spacial score (nSPS) is 12.1. The van der Waals surface area contributed by atoms with Gasteiger partial charge in [0.2, 0.25) is 10.0 Å². The maximum atomic E-state index is 13.3. The Balaban J connectivity index is 2.85. The fourth-order valence-corrected chi connectivity index (χ4v) is 1.66. The zero-order valence-corrected chi connectivity index (χ0v) is 10.5. The number of primary sulfonamides is 1. The van der Waals surface area contributed by atoms with Gasteiger partial charge >= 0.3 is 12.2 Å². The molecule has 0 radical (unpaired) electrons. The molecule has 2 amide bonds. The van der Waals surface area contributed by atoms with Crippen molar-refractivity contribution in [3.8, 4) is 0 Å². The highest BCUT2D eigenvalue weighted by Crippen LogP contribution is 2.19. The SMILES string of the molecule is NS(=O)(=O)c1ccc(F)c(NC(=O)NCC(F)(F)F)c1. The van der Waals surface area contributed by atoms with E-state index in [4.69, 9.17) is 5.14 Å². The van der Waals surface area contributed by atoms with Crippen LogP contribution in [0, 0.1) is 5.82 Å². The molecular formula is C9H9F4N3O3S. The third-order valence-corrected chi connectivity index (χ3v) is 2.87. The number of rotatable bonds is 3. The van der Waals surface area contributed by atoms with Crippen molar-refractivity contribution in [3.05, 3.63) is 24.0 Å². The number of alkyl halides is 3. The second-order valence-corrected chi connectivity index (χ2v) is 5.17. The van der Waals surface area contributed by atoms with Crippen LogP contribution >= 0.6 is 0 Å². The number of anilines is 1. The van der Waals surface area contributed by atoms with E-state index in [-0.39, 0.29) is 0 Å². The lowest BCUT2D eigenvalue weighted by molar-refractivity contribution is -0.122. The van der Waals surface area contributed by atoms with E-state index in [9.17, 15) is 30.8 Å². The van der Waals surface area contributed by atoms with Gasteiger partial charge in [-0.05, 0) is 18.2 Å². The minimum Gasteiger partial charge on any atom is -0.329 e. The average Bonchev–Trinajstić information content (AvgIpc) is 2.27. The lowest BCUT2D eigenvalue weighted by Crippen LogP contribution is -2.36. The van der Waals surface area contributed by atoms with Crippen molar-refractivity contribution in [2.24, 2.45) is 5.14 Å². The van der Waals surface area contributed by atoms with Gasteiger partial charge in [0.15, 0.2) is 0 Å². The number of sulfonamides is 1. The summed E-state index contributed by atoms with van der Waals surface area (Å²) in [6, 6.07) is 0.910. The predicted octanol–water partition coefficient (Wildman–Crippen LogP) is 1.16. The second-order valence-electron chi connectivity index (χ2n) is 3.61. The Labute approximate surface area is 111 Å². The minimum absolute atomic E-state index is 0.495. The summed E-state index contributed by atoms with van der Waals surface area (Å²) in [6.45, 7) is -1.62. The molecule has 112 valence electrons. The van der Waals surface area contributed by atoms with Gasteiger partial charge in [0.25, 0.3) is 0 Å². The molecule has 0 aliphatic carbocycles. The molecule has 0 spiro atoms. The molecule has 0 aliphatic rings. The lowest BCUT2D eigenvalue weighted by atomic mass is 10.3. The molecule has 0 aromatic heterocycles. The van der Waals surface area contributed by atoms with E-state index in [2.05, 4.69) is 0 Å². The van der Waals surface area contributed by atoms with Crippen LogP contribution in [-0.2, 0) is 10.0 Å². The van der Waals surface area contributed by atoms with Crippen LogP contribution in [0.1, 0.15) is 0 Å². The number of hydrogen-bond donors (Lipinski definition) is 3. The number of nitrogens with one attached hydrogen (secondary N) is 2. The molecule has 1 rings (SSSR count). The Kier molecular flexibility index (Phi) is 4.55. The summed E-state index contributed by atoms with van der Waals surface area (Å²) in [4.78, 5) is 10.6. The van der Waals surface area contributed by atoms with Gasteiger partial charge < -0.3 is 10.6 Å². The van der Waals surface area contributed by atoms with Crippen molar-refractivity contribution in [1.29, 1.82) is 0 Å². The summed E-state index contributed by atoms with van der Waals surface area (Å²) in [5.74, 6) is -1.03. The number of urea groups is 1. The number of carbonyl (C=O) groups excluding carboxylic acids is 1. The van der Waals surface area contributed by atoms with E-state index in [0.717, 1.165) is 6.07 Å². The van der Waals surface area contributed by atoms with E-state index < -0.39 is 45.2 Å². The molecule has 4 N–H and O–H groups in total. The molecule has 0 unspecified atom stereocenters. The molecular weight excluding hydrogens is 306 g/mol. The molecule has 0 saturated carbocycles. The first-order chi connectivity index (χ1) is 8.99. The number of amides is 2. The molecule has 1 aromatic carbocycles.